The average molecular weight is 731 g/mol. The Morgan fingerprint density at radius 2 is 1.78 bits per heavy atom. The van der Waals surface area contributed by atoms with Crippen LogP contribution in [0.5, 0.6) is 5.75 Å². The number of nitrogens with one attached hydrogen (secondary N) is 3. The topological polar surface area (TPSA) is 194 Å². The van der Waals surface area contributed by atoms with Crippen molar-refractivity contribution in [2.75, 3.05) is 11.9 Å². The minimum absolute atomic E-state index is 0.0850. The molecule has 2 aromatic heterocycles. The molecular weight excluding hydrogens is 688 g/mol. The van der Waals surface area contributed by atoms with E-state index >= 15 is 0 Å². The Balaban J connectivity index is 0.937. The number of piperidine rings is 1. The summed E-state index contributed by atoms with van der Waals surface area (Å²) in [6.07, 6.45) is 6.05. The monoisotopic (exact) mass is 730 g/mol. The fourth-order valence-electron chi connectivity index (χ4n) is 7.02. The smallest absolute Gasteiger partial charge is 0.316 e. The maximum Gasteiger partial charge on any atom is 0.316 e. The van der Waals surface area contributed by atoms with Gasteiger partial charge in [0.2, 0.25) is 11.8 Å². The zero-order chi connectivity index (χ0) is 38.1. The van der Waals surface area contributed by atoms with Crippen LogP contribution < -0.4 is 21.1 Å². The summed E-state index contributed by atoms with van der Waals surface area (Å²) in [5.74, 6) is -1.26. The molecule has 6 amide bonds. The predicted octanol–water partition coefficient (Wildman–Crippen LogP) is 5.79. The van der Waals surface area contributed by atoms with Gasteiger partial charge < -0.3 is 15.8 Å². The second-order valence-corrected chi connectivity index (χ2v) is 14.7. The Bertz CT molecular complexity index is 2300. The summed E-state index contributed by atoms with van der Waals surface area (Å²) in [6.45, 7) is 6.81. The number of hydrogen-bond donors (Lipinski definition) is 4. The van der Waals surface area contributed by atoms with Crippen LogP contribution in [-0.4, -0.2) is 67.0 Å². The molecule has 0 radical (unpaired) electrons. The van der Waals surface area contributed by atoms with Gasteiger partial charge in [0.1, 0.15) is 18.1 Å². The van der Waals surface area contributed by atoms with Gasteiger partial charge in [0.05, 0.1) is 40.1 Å². The number of nitrogens with zero attached hydrogens (tertiary/aromatic N) is 4. The van der Waals surface area contributed by atoms with Crippen molar-refractivity contribution in [1.29, 1.82) is 0 Å². The molecule has 4 heterocycles. The first kappa shape index (κ1) is 36.1. The van der Waals surface area contributed by atoms with Crippen LogP contribution in [0, 0.1) is 0 Å². The average Bonchev–Trinajstić information content (AvgIpc) is 3.85. The van der Waals surface area contributed by atoms with Gasteiger partial charge in [-0.1, -0.05) is 45.7 Å². The molecular formula is C40H42N8O6. The van der Waals surface area contributed by atoms with Crippen molar-refractivity contribution in [1.82, 2.24) is 30.0 Å². The van der Waals surface area contributed by atoms with Crippen LogP contribution in [0.2, 0.25) is 0 Å². The number of aryl methyl sites for hydroxylation is 1. The van der Waals surface area contributed by atoms with Crippen molar-refractivity contribution in [3.05, 3.63) is 89.4 Å². The molecule has 1 saturated heterocycles. The van der Waals surface area contributed by atoms with Crippen molar-refractivity contribution in [2.24, 2.45) is 5.73 Å². The number of carbonyl (C=O) groups is 5. The van der Waals surface area contributed by atoms with E-state index in [0.29, 0.717) is 46.8 Å². The standard InChI is InChI=1S/C40H42N8O6/c1-40(2,3)33-21-29(45-46-33)27-19-24(12-14-28(27)43-39(41)53)47-22-42-30-20-25(13-15-31(30)47)54-18-7-5-4-6-9-23-10-8-11-26-35(23)38(52)48(37(26)51)32-16-17-34(49)44-36(32)50/h8,10-15,19-22,32H,4-7,9,16-18H2,1-3H3,(H,45,46)(H3,41,43,53)(H,44,49,50). The number of anilines is 1. The number of amides is 6. The fourth-order valence-corrected chi connectivity index (χ4v) is 7.02. The molecule has 0 spiro atoms. The number of aromatic nitrogens is 4. The summed E-state index contributed by atoms with van der Waals surface area (Å²) < 4.78 is 8.03. The summed E-state index contributed by atoms with van der Waals surface area (Å²) >= 11 is 0. The third-order valence-corrected chi connectivity index (χ3v) is 9.88. The molecule has 2 aliphatic heterocycles. The van der Waals surface area contributed by atoms with Gasteiger partial charge >= 0.3 is 6.03 Å². The van der Waals surface area contributed by atoms with Gasteiger partial charge in [-0.2, -0.15) is 5.10 Å². The van der Waals surface area contributed by atoms with Crippen molar-refractivity contribution in [3.8, 4) is 22.7 Å². The van der Waals surface area contributed by atoms with Crippen LogP contribution in [0.1, 0.15) is 91.3 Å². The number of unbranched alkanes of at least 4 members (excludes halogenated alkanes) is 3. The maximum absolute atomic E-state index is 13.4. The molecule has 5 N–H and O–H groups in total. The number of rotatable bonds is 12. The van der Waals surface area contributed by atoms with E-state index in [1.54, 1.807) is 24.5 Å². The SMILES string of the molecule is CC(C)(C)c1cc(-c2cc(-n3cnc4cc(OCCCCCCc5cccc6c5C(=O)N(C5CCC(=O)NC5=O)C6=O)ccc43)ccc2NC(N)=O)n[nH]1. The highest BCUT2D eigenvalue weighted by atomic mass is 16.5. The van der Waals surface area contributed by atoms with Gasteiger partial charge in [0, 0.05) is 34.8 Å². The van der Waals surface area contributed by atoms with E-state index in [9.17, 15) is 24.0 Å². The number of urea groups is 1. The second-order valence-electron chi connectivity index (χ2n) is 14.7. The molecule has 14 heteroatoms. The first-order valence-corrected chi connectivity index (χ1v) is 18.1. The van der Waals surface area contributed by atoms with Gasteiger partial charge in [-0.25, -0.2) is 9.78 Å². The Hall–Kier alpha value is -6.31. The van der Waals surface area contributed by atoms with Crippen molar-refractivity contribution < 1.29 is 28.7 Å². The Morgan fingerprint density at radius 1 is 0.963 bits per heavy atom. The summed E-state index contributed by atoms with van der Waals surface area (Å²) in [5.41, 5.74) is 12.2. The lowest BCUT2D eigenvalue weighted by atomic mass is 9.92. The number of hydrogen-bond acceptors (Lipinski definition) is 8. The third-order valence-electron chi connectivity index (χ3n) is 9.88. The minimum Gasteiger partial charge on any atom is -0.494 e. The number of imidazole rings is 1. The number of carbonyl (C=O) groups excluding carboxylic acids is 5. The molecule has 5 aromatic rings. The van der Waals surface area contributed by atoms with E-state index in [0.717, 1.165) is 58.6 Å². The molecule has 1 fully saturated rings. The van der Waals surface area contributed by atoms with Gasteiger partial charge in [-0.15, -0.1) is 0 Å². The molecule has 2 aliphatic rings. The zero-order valence-corrected chi connectivity index (χ0v) is 30.4. The molecule has 0 aliphatic carbocycles. The first-order valence-electron chi connectivity index (χ1n) is 18.1. The van der Waals surface area contributed by atoms with Crippen molar-refractivity contribution >= 4 is 46.4 Å². The molecule has 278 valence electrons. The number of imide groups is 2. The Kier molecular flexibility index (Phi) is 9.75. The highest BCUT2D eigenvalue weighted by Crippen LogP contribution is 2.34. The number of primary amides is 1. The van der Waals surface area contributed by atoms with Crippen LogP contribution in [0.15, 0.2) is 67.0 Å². The number of ether oxygens (including phenoxy) is 1. The molecule has 7 rings (SSSR count). The molecule has 1 atom stereocenters. The first-order chi connectivity index (χ1) is 25.9. The third kappa shape index (κ3) is 7.19. The lowest BCUT2D eigenvalue weighted by molar-refractivity contribution is -0.136. The molecule has 1 unspecified atom stereocenters. The predicted molar refractivity (Wildman–Crippen MR) is 201 cm³/mol. The zero-order valence-electron chi connectivity index (χ0n) is 30.4. The Labute approximate surface area is 311 Å². The molecule has 0 saturated carbocycles. The number of benzene rings is 3. The fraction of sp³-hybridized carbons (Fsp3) is 0.325. The molecule has 14 nitrogen and oxygen atoms in total. The highest BCUT2D eigenvalue weighted by molar-refractivity contribution is 6.24. The van der Waals surface area contributed by atoms with Gasteiger partial charge in [-0.3, -0.25) is 39.1 Å². The van der Waals surface area contributed by atoms with E-state index in [1.165, 1.54) is 0 Å². The second kappa shape index (κ2) is 14.6. The van der Waals surface area contributed by atoms with Crippen LogP contribution in [0.25, 0.3) is 28.0 Å². The lowest BCUT2D eigenvalue weighted by Gasteiger charge is -2.27. The summed E-state index contributed by atoms with van der Waals surface area (Å²) in [4.78, 5) is 67.9. The largest absolute Gasteiger partial charge is 0.494 e. The number of fused-ring (bicyclic) bond motifs is 2. The summed E-state index contributed by atoms with van der Waals surface area (Å²) in [7, 11) is 0. The molecule has 0 bridgehead atoms. The quantitative estimate of drug-likeness (QED) is 0.0915. The van der Waals surface area contributed by atoms with E-state index < -0.39 is 35.7 Å². The van der Waals surface area contributed by atoms with Gasteiger partial charge in [0.15, 0.2) is 0 Å². The van der Waals surface area contributed by atoms with E-state index in [4.69, 9.17) is 10.5 Å². The van der Waals surface area contributed by atoms with E-state index in [2.05, 4.69) is 46.6 Å². The van der Waals surface area contributed by atoms with E-state index in [-0.39, 0.29) is 18.3 Å². The highest BCUT2D eigenvalue weighted by Gasteiger charge is 2.45. The van der Waals surface area contributed by atoms with Crippen LogP contribution in [-0.2, 0) is 21.4 Å². The lowest BCUT2D eigenvalue weighted by Crippen LogP contribution is -2.54. The summed E-state index contributed by atoms with van der Waals surface area (Å²) in [6, 6.07) is 17.0. The van der Waals surface area contributed by atoms with Crippen molar-refractivity contribution in [2.45, 2.75) is 77.2 Å². The van der Waals surface area contributed by atoms with Crippen LogP contribution in [0.3, 0.4) is 0 Å². The van der Waals surface area contributed by atoms with Crippen LogP contribution in [0.4, 0.5) is 10.5 Å². The number of H-pyrrole nitrogens is 1. The minimum atomic E-state index is -0.978. The number of aromatic amines is 1. The summed E-state index contributed by atoms with van der Waals surface area (Å²) in [5, 5.41) is 12.6. The normalized spacial score (nSPS) is 15.8. The van der Waals surface area contributed by atoms with Gasteiger partial charge in [0.25, 0.3) is 11.8 Å². The molecule has 54 heavy (non-hydrogen) atoms. The van der Waals surface area contributed by atoms with Crippen LogP contribution >= 0.6 is 0 Å². The maximum atomic E-state index is 13.4. The molecule has 3 aromatic carbocycles. The van der Waals surface area contributed by atoms with E-state index in [1.807, 2.05) is 47.0 Å². The Morgan fingerprint density at radius 3 is 2.54 bits per heavy atom. The number of nitrogens with two attached hydrogens (primary N) is 1. The van der Waals surface area contributed by atoms with Crippen molar-refractivity contribution in [3.63, 3.8) is 0 Å². The van der Waals surface area contributed by atoms with Gasteiger partial charge in [-0.05, 0) is 73.7 Å².